The molecule has 98 valence electrons. The molecule has 1 unspecified atom stereocenters. The van der Waals surface area contributed by atoms with Gasteiger partial charge in [0.2, 0.25) is 0 Å². The van der Waals surface area contributed by atoms with Gasteiger partial charge in [-0.1, -0.05) is 18.2 Å². The van der Waals surface area contributed by atoms with E-state index in [9.17, 15) is 0 Å². The van der Waals surface area contributed by atoms with E-state index in [0.717, 1.165) is 12.1 Å². The average molecular weight is 288 g/mol. The fourth-order valence-electron chi connectivity index (χ4n) is 2.31. The maximum absolute atomic E-state index is 4.57. The number of hydrogen-bond donors (Lipinski definition) is 1. The minimum atomic E-state index is 0.335. The number of nitrogens with one attached hydrogen (secondary N) is 1. The predicted molar refractivity (Wildman–Crippen MR) is 84.2 cm³/mol. The Morgan fingerprint density at radius 1 is 1.21 bits per heavy atom. The Labute approximate surface area is 121 Å². The molecule has 2 nitrogen and oxygen atoms in total. The predicted octanol–water partition coefficient (Wildman–Crippen LogP) is 4.17. The minimum Gasteiger partial charge on any atom is -0.313 e. The highest BCUT2D eigenvalue weighted by Gasteiger charge is 2.16. The van der Waals surface area contributed by atoms with Crippen LogP contribution in [0.1, 0.15) is 22.3 Å². The van der Waals surface area contributed by atoms with Crippen molar-refractivity contribution in [2.45, 2.75) is 19.4 Å². The molecule has 2 heterocycles. The third kappa shape index (κ3) is 2.56. The second kappa shape index (κ2) is 5.41. The van der Waals surface area contributed by atoms with Gasteiger partial charge in [-0.3, -0.25) is 0 Å². The zero-order chi connectivity index (χ0) is 13.2. The molecular weight excluding hydrogens is 272 g/mol. The summed E-state index contributed by atoms with van der Waals surface area (Å²) in [5.41, 5.74) is 2.50. The number of benzene rings is 1. The van der Waals surface area contributed by atoms with Gasteiger partial charge in [-0.05, 0) is 36.4 Å². The van der Waals surface area contributed by atoms with Crippen LogP contribution in [0.25, 0.3) is 10.1 Å². The molecule has 2 aromatic heterocycles. The fourth-order valence-corrected chi connectivity index (χ4v) is 4.14. The molecule has 1 aromatic carbocycles. The Morgan fingerprint density at radius 3 is 2.79 bits per heavy atom. The number of likely N-dealkylation sites (N-methyl/N-ethyl adjacent to an activating group) is 1. The van der Waals surface area contributed by atoms with E-state index >= 15 is 0 Å². The van der Waals surface area contributed by atoms with Gasteiger partial charge in [-0.25, -0.2) is 4.98 Å². The Kier molecular flexibility index (Phi) is 3.64. The lowest BCUT2D eigenvalue weighted by Gasteiger charge is -2.14. The van der Waals surface area contributed by atoms with Gasteiger partial charge >= 0.3 is 0 Å². The van der Waals surface area contributed by atoms with Gasteiger partial charge in [0, 0.05) is 28.2 Å². The van der Waals surface area contributed by atoms with Crippen LogP contribution in [0.15, 0.2) is 35.0 Å². The standard InChI is InChI=1S/C15H16N2S2/c1-10-8-19-15(17-10)7-13(16-2)12-9-18-14-6-4-3-5-11(12)14/h3-6,8-9,13,16H,7H2,1-2H3. The zero-order valence-corrected chi connectivity index (χ0v) is 12.6. The second-order valence-electron chi connectivity index (χ2n) is 4.62. The number of thiazole rings is 1. The first-order chi connectivity index (χ1) is 9.28. The van der Waals surface area contributed by atoms with Crippen LogP contribution in [0.2, 0.25) is 0 Å². The van der Waals surface area contributed by atoms with Crippen molar-refractivity contribution >= 4 is 32.8 Å². The van der Waals surface area contributed by atoms with Gasteiger partial charge in [0.15, 0.2) is 0 Å². The number of nitrogens with zero attached hydrogens (tertiary/aromatic N) is 1. The summed E-state index contributed by atoms with van der Waals surface area (Å²) in [4.78, 5) is 4.57. The number of fused-ring (bicyclic) bond motifs is 1. The number of rotatable bonds is 4. The molecule has 1 atom stereocenters. The summed E-state index contributed by atoms with van der Waals surface area (Å²) in [5, 5.41) is 10.4. The van der Waals surface area contributed by atoms with Crippen molar-refractivity contribution in [3.63, 3.8) is 0 Å². The summed E-state index contributed by atoms with van der Waals surface area (Å²) in [6.45, 7) is 2.05. The molecule has 0 bridgehead atoms. The Hall–Kier alpha value is -1.23. The van der Waals surface area contributed by atoms with Crippen LogP contribution in [0, 0.1) is 6.92 Å². The summed E-state index contributed by atoms with van der Waals surface area (Å²) in [5.74, 6) is 0. The van der Waals surface area contributed by atoms with Gasteiger partial charge in [0.05, 0.1) is 5.01 Å². The molecule has 1 N–H and O–H groups in total. The molecule has 0 aliphatic carbocycles. The lowest BCUT2D eigenvalue weighted by Crippen LogP contribution is -2.18. The SMILES string of the molecule is CNC(Cc1nc(C)cs1)c1csc2ccccc12. The summed E-state index contributed by atoms with van der Waals surface area (Å²) in [6.07, 6.45) is 0.954. The molecule has 0 aliphatic rings. The normalized spacial score (nSPS) is 12.9. The summed E-state index contributed by atoms with van der Waals surface area (Å²) in [6, 6.07) is 8.93. The highest BCUT2D eigenvalue weighted by atomic mass is 32.1. The van der Waals surface area contributed by atoms with Gasteiger partial charge in [-0.15, -0.1) is 22.7 Å². The smallest absolute Gasteiger partial charge is 0.0947 e. The molecule has 0 aliphatic heterocycles. The van der Waals surface area contributed by atoms with Crippen molar-refractivity contribution in [1.82, 2.24) is 10.3 Å². The first-order valence-corrected chi connectivity index (χ1v) is 8.08. The molecule has 3 aromatic rings. The van der Waals surface area contributed by atoms with E-state index in [4.69, 9.17) is 0 Å². The van der Waals surface area contributed by atoms with E-state index in [0.29, 0.717) is 6.04 Å². The van der Waals surface area contributed by atoms with E-state index in [1.54, 1.807) is 11.3 Å². The first kappa shape index (κ1) is 12.8. The van der Waals surface area contributed by atoms with Crippen LogP contribution in [-0.2, 0) is 6.42 Å². The molecular formula is C15H16N2S2. The molecule has 0 saturated carbocycles. The largest absolute Gasteiger partial charge is 0.313 e. The minimum absolute atomic E-state index is 0.335. The van der Waals surface area contributed by atoms with Gasteiger partial charge < -0.3 is 5.32 Å². The Balaban J connectivity index is 1.93. The number of aryl methyl sites for hydroxylation is 1. The maximum atomic E-state index is 4.57. The molecule has 0 fully saturated rings. The summed E-state index contributed by atoms with van der Waals surface area (Å²) >= 11 is 3.56. The molecule has 0 radical (unpaired) electrons. The monoisotopic (exact) mass is 288 g/mol. The average Bonchev–Trinajstić information content (AvgIpc) is 3.02. The summed E-state index contributed by atoms with van der Waals surface area (Å²) in [7, 11) is 2.03. The fraction of sp³-hybridized carbons (Fsp3) is 0.267. The maximum Gasteiger partial charge on any atom is 0.0947 e. The third-order valence-corrected chi connectivity index (χ3v) is 5.25. The lowest BCUT2D eigenvalue weighted by atomic mass is 10.0. The topological polar surface area (TPSA) is 24.9 Å². The summed E-state index contributed by atoms with van der Waals surface area (Å²) < 4.78 is 1.35. The Morgan fingerprint density at radius 2 is 2.05 bits per heavy atom. The number of aromatic nitrogens is 1. The van der Waals surface area contributed by atoms with Crippen LogP contribution in [-0.4, -0.2) is 12.0 Å². The van der Waals surface area contributed by atoms with E-state index in [1.165, 1.54) is 20.7 Å². The Bertz CT molecular complexity index is 684. The van der Waals surface area contributed by atoms with E-state index in [1.807, 2.05) is 25.3 Å². The van der Waals surface area contributed by atoms with Crippen LogP contribution < -0.4 is 5.32 Å². The van der Waals surface area contributed by atoms with Crippen molar-refractivity contribution in [1.29, 1.82) is 0 Å². The first-order valence-electron chi connectivity index (χ1n) is 6.32. The van der Waals surface area contributed by atoms with Crippen LogP contribution >= 0.6 is 22.7 Å². The van der Waals surface area contributed by atoms with Crippen molar-refractivity contribution in [3.05, 3.63) is 51.3 Å². The van der Waals surface area contributed by atoms with Crippen molar-refractivity contribution in [2.75, 3.05) is 7.05 Å². The van der Waals surface area contributed by atoms with Crippen molar-refractivity contribution in [2.24, 2.45) is 0 Å². The van der Waals surface area contributed by atoms with Gasteiger partial charge in [-0.2, -0.15) is 0 Å². The van der Waals surface area contributed by atoms with Crippen LogP contribution in [0.5, 0.6) is 0 Å². The number of thiophene rings is 1. The van der Waals surface area contributed by atoms with Crippen LogP contribution in [0.3, 0.4) is 0 Å². The van der Waals surface area contributed by atoms with Crippen molar-refractivity contribution < 1.29 is 0 Å². The molecule has 19 heavy (non-hydrogen) atoms. The highest BCUT2D eigenvalue weighted by molar-refractivity contribution is 7.17. The van der Waals surface area contributed by atoms with Gasteiger partial charge in [0.1, 0.15) is 0 Å². The molecule has 0 saturated heterocycles. The molecule has 4 heteroatoms. The third-order valence-electron chi connectivity index (χ3n) is 3.28. The highest BCUT2D eigenvalue weighted by Crippen LogP contribution is 2.32. The van der Waals surface area contributed by atoms with E-state index in [-0.39, 0.29) is 0 Å². The van der Waals surface area contributed by atoms with Crippen molar-refractivity contribution in [3.8, 4) is 0 Å². The van der Waals surface area contributed by atoms with Crippen LogP contribution in [0.4, 0.5) is 0 Å². The molecule has 0 spiro atoms. The molecule has 0 amide bonds. The quantitative estimate of drug-likeness (QED) is 0.779. The van der Waals surface area contributed by atoms with Gasteiger partial charge in [0.25, 0.3) is 0 Å². The molecule has 3 rings (SSSR count). The van der Waals surface area contributed by atoms with E-state index < -0.39 is 0 Å². The number of hydrogen-bond acceptors (Lipinski definition) is 4. The van der Waals surface area contributed by atoms with E-state index in [2.05, 4.69) is 45.3 Å². The zero-order valence-electron chi connectivity index (χ0n) is 11.0. The second-order valence-corrected chi connectivity index (χ2v) is 6.47. The lowest BCUT2D eigenvalue weighted by molar-refractivity contribution is 0.595.